The average molecular weight is 232 g/mol. The molecule has 0 radical (unpaired) electrons. The molecule has 0 saturated heterocycles. The third kappa shape index (κ3) is 2.24. The van der Waals surface area contributed by atoms with E-state index in [2.05, 4.69) is 15.4 Å². The zero-order valence-electron chi connectivity index (χ0n) is 9.58. The quantitative estimate of drug-likeness (QED) is 0.822. The van der Waals surface area contributed by atoms with Crippen LogP contribution in [0.2, 0.25) is 0 Å². The predicted molar refractivity (Wildman–Crippen MR) is 64.9 cm³/mol. The highest BCUT2D eigenvalue weighted by Gasteiger charge is 2.19. The lowest BCUT2D eigenvalue weighted by Gasteiger charge is -2.26. The summed E-state index contributed by atoms with van der Waals surface area (Å²) >= 11 is 0. The first kappa shape index (κ1) is 10.5. The van der Waals surface area contributed by atoms with Gasteiger partial charge in [-0.2, -0.15) is 5.10 Å². The largest absolute Gasteiger partial charge is 0.393 e. The van der Waals surface area contributed by atoms with Crippen molar-refractivity contribution in [1.29, 1.82) is 0 Å². The summed E-state index contributed by atoms with van der Waals surface area (Å²) in [5, 5.41) is 17.0. The second kappa shape index (κ2) is 4.33. The Kier molecular flexibility index (Phi) is 2.68. The minimum atomic E-state index is -0.113. The molecule has 17 heavy (non-hydrogen) atoms. The molecular formula is C12H16N4O. The van der Waals surface area contributed by atoms with E-state index < -0.39 is 0 Å². The summed E-state index contributed by atoms with van der Waals surface area (Å²) in [7, 11) is 0. The Morgan fingerprint density at radius 3 is 2.88 bits per heavy atom. The van der Waals surface area contributed by atoms with E-state index in [1.165, 1.54) is 0 Å². The van der Waals surface area contributed by atoms with Crippen LogP contribution in [-0.4, -0.2) is 31.9 Å². The minimum Gasteiger partial charge on any atom is -0.393 e. The number of aliphatic hydroxyl groups excluding tert-OH is 1. The normalized spacial score (nSPS) is 25.0. The molecule has 2 aromatic rings. The molecule has 0 unspecified atom stereocenters. The van der Waals surface area contributed by atoms with Crippen molar-refractivity contribution in [2.45, 2.75) is 37.8 Å². The number of aliphatic hydroxyl groups is 1. The minimum absolute atomic E-state index is 0.113. The lowest BCUT2D eigenvalue weighted by Crippen LogP contribution is -2.28. The van der Waals surface area contributed by atoms with Crippen LogP contribution in [0.25, 0.3) is 5.65 Å². The lowest BCUT2D eigenvalue weighted by molar-refractivity contribution is 0.126. The van der Waals surface area contributed by atoms with Gasteiger partial charge in [0, 0.05) is 18.3 Å². The molecule has 2 heterocycles. The average Bonchev–Trinajstić information content (AvgIpc) is 2.79. The van der Waals surface area contributed by atoms with Gasteiger partial charge < -0.3 is 10.4 Å². The summed E-state index contributed by atoms with van der Waals surface area (Å²) in [5.41, 5.74) is 0.853. The Bertz CT molecular complexity index is 502. The van der Waals surface area contributed by atoms with E-state index in [0.29, 0.717) is 6.04 Å². The van der Waals surface area contributed by atoms with Gasteiger partial charge in [0.2, 0.25) is 0 Å². The molecule has 2 N–H and O–H groups in total. The van der Waals surface area contributed by atoms with Crippen LogP contribution in [0.4, 0.5) is 5.82 Å². The number of hydrogen-bond acceptors (Lipinski definition) is 4. The highest BCUT2D eigenvalue weighted by molar-refractivity contribution is 5.45. The van der Waals surface area contributed by atoms with Gasteiger partial charge in [0.15, 0.2) is 5.65 Å². The van der Waals surface area contributed by atoms with Crippen LogP contribution in [0.3, 0.4) is 0 Å². The van der Waals surface area contributed by atoms with E-state index >= 15 is 0 Å². The molecule has 0 aromatic carbocycles. The fourth-order valence-corrected chi connectivity index (χ4v) is 2.32. The topological polar surface area (TPSA) is 62.5 Å². The summed E-state index contributed by atoms with van der Waals surface area (Å²) in [6, 6.07) is 4.25. The van der Waals surface area contributed by atoms with E-state index in [1.807, 2.05) is 18.3 Å². The first-order chi connectivity index (χ1) is 8.31. The van der Waals surface area contributed by atoms with Gasteiger partial charge in [-0.05, 0) is 31.7 Å². The van der Waals surface area contributed by atoms with Crippen LogP contribution in [0.5, 0.6) is 0 Å². The highest BCUT2D eigenvalue weighted by Crippen LogP contribution is 2.21. The van der Waals surface area contributed by atoms with E-state index in [9.17, 15) is 5.11 Å². The highest BCUT2D eigenvalue weighted by atomic mass is 16.3. The molecule has 0 atom stereocenters. The fourth-order valence-electron chi connectivity index (χ4n) is 2.32. The van der Waals surface area contributed by atoms with Gasteiger partial charge in [0.25, 0.3) is 0 Å². The van der Waals surface area contributed by atoms with E-state index in [1.54, 1.807) is 10.7 Å². The Morgan fingerprint density at radius 1 is 1.24 bits per heavy atom. The SMILES string of the molecule is OC1CCC(Nc2ccn3nccc3n2)CC1. The van der Waals surface area contributed by atoms with Crippen molar-refractivity contribution in [3.8, 4) is 0 Å². The summed E-state index contributed by atoms with van der Waals surface area (Å²) in [6.45, 7) is 0. The van der Waals surface area contributed by atoms with Crippen molar-refractivity contribution in [3.63, 3.8) is 0 Å². The molecule has 1 fully saturated rings. The molecule has 1 saturated carbocycles. The molecule has 0 amide bonds. The van der Waals surface area contributed by atoms with E-state index in [-0.39, 0.29) is 6.10 Å². The third-order valence-corrected chi connectivity index (χ3v) is 3.31. The monoisotopic (exact) mass is 232 g/mol. The second-order valence-electron chi connectivity index (χ2n) is 4.60. The summed E-state index contributed by atoms with van der Waals surface area (Å²) < 4.78 is 1.75. The van der Waals surface area contributed by atoms with E-state index in [0.717, 1.165) is 37.1 Å². The van der Waals surface area contributed by atoms with Crippen LogP contribution < -0.4 is 5.32 Å². The van der Waals surface area contributed by atoms with Crippen molar-refractivity contribution < 1.29 is 5.11 Å². The van der Waals surface area contributed by atoms with Crippen LogP contribution in [0.1, 0.15) is 25.7 Å². The van der Waals surface area contributed by atoms with E-state index in [4.69, 9.17) is 0 Å². The molecular weight excluding hydrogens is 216 g/mol. The molecule has 5 nitrogen and oxygen atoms in total. The summed E-state index contributed by atoms with van der Waals surface area (Å²) in [5.74, 6) is 0.888. The first-order valence-electron chi connectivity index (χ1n) is 6.06. The summed E-state index contributed by atoms with van der Waals surface area (Å²) in [6.07, 6.45) is 7.31. The molecule has 90 valence electrons. The number of nitrogens with one attached hydrogen (secondary N) is 1. The number of nitrogens with zero attached hydrogens (tertiary/aromatic N) is 3. The van der Waals surface area contributed by atoms with Crippen molar-refractivity contribution >= 4 is 11.5 Å². The van der Waals surface area contributed by atoms with Crippen molar-refractivity contribution in [2.24, 2.45) is 0 Å². The molecule has 2 aromatic heterocycles. The van der Waals surface area contributed by atoms with Gasteiger partial charge >= 0.3 is 0 Å². The van der Waals surface area contributed by atoms with Gasteiger partial charge in [-0.15, -0.1) is 0 Å². The molecule has 0 aliphatic heterocycles. The number of anilines is 1. The van der Waals surface area contributed by atoms with Crippen LogP contribution in [0.15, 0.2) is 24.5 Å². The lowest BCUT2D eigenvalue weighted by atomic mass is 9.93. The maximum absolute atomic E-state index is 9.45. The molecule has 0 bridgehead atoms. The van der Waals surface area contributed by atoms with Gasteiger partial charge in [-0.3, -0.25) is 0 Å². The van der Waals surface area contributed by atoms with Gasteiger partial charge in [-0.1, -0.05) is 0 Å². The predicted octanol–water partition coefficient (Wildman–Crippen LogP) is 1.44. The van der Waals surface area contributed by atoms with Crippen molar-refractivity contribution in [2.75, 3.05) is 5.32 Å². The molecule has 1 aliphatic carbocycles. The van der Waals surface area contributed by atoms with Crippen molar-refractivity contribution in [1.82, 2.24) is 14.6 Å². The standard InChI is InChI=1S/C12H16N4O/c17-10-3-1-9(2-4-10)14-11-6-8-16-12(15-11)5-7-13-16/h5-10,17H,1-4H2,(H,14,15). The Morgan fingerprint density at radius 2 is 2.06 bits per heavy atom. The van der Waals surface area contributed by atoms with Gasteiger partial charge in [0.05, 0.1) is 12.3 Å². The maximum atomic E-state index is 9.45. The summed E-state index contributed by atoms with van der Waals surface area (Å²) in [4.78, 5) is 4.48. The van der Waals surface area contributed by atoms with Crippen LogP contribution in [-0.2, 0) is 0 Å². The van der Waals surface area contributed by atoms with Crippen LogP contribution >= 0.6 is 0 Å². The molecule has 1 aliphatic rings. The molecule has 0 spiro atoms. The molecule has 3 rings (SSSR count). The zero-order valence-corrected chi connectivity index (χ0v) is 9.58. The number of hydrogen-bond donors (Lipinski definition) is 2. The van der Waals surface area contributed by atoms with Crippen molar-refractivity contribution in [3.05, 3.63) is 24.5 Å². The maximum Gasteiger partial charge on any atom is 0.157 e. The van der Waals surface area contributed by atoms with Gasteiger partial charge in [0.1, 0.15) is 5.82 Å². The second-order valence-corrected chi connectivity index (χ2v) is 4.60. The number of rotatable bonds is 2. The third-order valence-electron chi connectivity index (χ3n) is 3.31. The molecule has 5 heteroatoms. The Balaban J connectivity index is 1.71. The zero-order chi connectivity index (χ0) is 11.7. The number of fused-ring (bicyclic) bond motifs is 1. The van der Waals surface area contributed by atoms with Crippen LogP contribution in [0, 0.1) is 0 Å². The first-order valence-corrected chi connectivity index (χ1v) is 6.06. The van der Waals surface area contributed by atoms with Gasteiger partial charge in [-0.25, -0.2) is 9.50 Å². The fraction of sp³-hybridized carbons (Fsp3) is 0.500. The Hall–Kier alpha value is -1.62. The number of aromatic nitrogens is 3. The smallest absolute Gasteiger partial charge is 0.157 e. The Labute approximate surface area is 99.5 Å².